The first kappa shape index (κ1) is 31.1. The standard InChI is InChI=1S/C35H46N4O4/c1-40-19-21-42-33-24-31-32(25-34(33)43-22-20-41-2)36-26-37-35(31)38-28-13-9-11-27(23-28)12-10-18-39(29-14-5-3-6-15-29)30-16-7-4-8-17-30/h9,11,13,23-26,29-30H,3-8,14-22H2,1-2H3,(H,36,37,38). The van der Waals surface area contributed by atoms with Gasteiger partial charge in [0.25, 0.3) is 0 Å². The topological polar surface area (TPSA) is 78.0 Å². The average molecular weight is 587 g/mol. The van der Waals surface area contributed by atoms with E-state index in [2.05, 4.69) is 44.2 Å². The minimum Gasteiger partial charge on any atom is -0.487 e. The summed E-state index contributed by atoms with van der Waals surface area (Å²) in [4.78, 5) is 11.8. The molecule has 0 aliphatic heterocycles. The van der Waals surface area contributed by atoms with E-state index in [1.54, 1.807) is 20.5 Å². The maximum Gasteiger partial charge on any atom is 0.163 e. The van der Waals surface area contributed by atoms with Crippen LogP contribution >= 0.6 is 0 Å². The molecule has 8 heteroatoms. The van der Waals surface area contributed by atoms with Crippen LogP contribution in [-0.2, 0) is 9.47 Å². The van der Waals surface area contributed by atoms with Crippen molar-refractivity contribution in [3.05, 3.63) is 48.3 Å². The molecule has 0 unspecified atom stereocenters. The number of ether oxygens (including phenoxy) is 4. The smallest absolute Gasteiger partial charge is 0.163 e. The van der Waals surface area contributed by atoms with Crippen molar-refractivity contribution in [1.82, 2.24) is 14.9 Å². The van der Waals surface area contributed by atoms with E-state index in [4.69, 9.17) is 18.9 Å². The Bertz CT molecular complexity index is 1340. The summed E-state index contributed by atoms with van der Waals surface area (Å²) in [6.07, 6.45) is 15.0. The summed E-state index contributed by atoms with van der Waals surface area (Å²) < 4.78 is 22.2. The molecule has 1 aromatic heterocycles. The van der Waals surface area contributed by atoms with Crippen molar-refractivity contribution in [1.29, 1.82) is 0 Å². The number of hydrogen-bond acceptors (Lipinski definition) is 8. The van der Waals surface area contributed by atoms with Crippen molar-refractivity contribution in [2.75, 3.05) is 52.5 Å². The van der Waals surface area contributed by atoms with E-state index < -0.39 is 0 Å². The Labute approximate surface area is 256 Å². The normalized spacial score (nSPS) is 16.2. The molecule has 5 rings (SSSR count). The van der Waals surface area contributed by atoms with Gasteiger partial charge in [0.1, 0.15) is 25.4 Å². The molecule has 230 valence electrons. The zero-order valence-electron chi connectivity index (χ0n) is 25.8. The van der Waals surface area contributed by atoms with E-state index in [1.165, 1.54) is 64.2 Å². The zero-order valence-corrected chi connectivity index (χ0v) is 25.8. The molecule has 0 bridgehead atoms. The van der Waals surface area contributed by atoms with Crippen molar-refractivity contribution in [3.63, 3.8) is 0 Å². The van der Waals surface area contributed by atoms with E-state index in [1.807, 2.05) is 24.3 Å². The number of fused-ring (bicyclic) bond motifs is 1. The molecule has 0 radical (unpaired) electrons. The van der Waals surface area contributed by atoms with Crippen molar-refractivity contribution in [2.24, 2.45) is 0 Å². The molecule has 3 aromatic rings. The van der Waals surface area contributed by atoms with Crippen molar-refractivity contribution in [2.45, 2.75) is 76.3 Å². The van der Waals surface area contributed by atoms with Crippen LogP contribution in [0.1, 0.15) is 69.8 Å². The highest BCUT2D eigenvalue weighted by Crippen LogP contribution is 2.35. The first-order chi connectivity index (χ1) is 21.2. The van der Waals surface area contributed by atoms with Crippen LogP contribution in [0.4, 0.5) is 11.5 Å². The summed E-state index contributed by atoms with van der Waals surface area (Å²) in [5, 5.41) is 4.32. The molecule has 0 atom stereocenters. The summed E-state index contributed by atoms with van der Waals surface area (Å²) in [7, 11) is 3.30. The second kappa shape index (κ2) is 16.5. The Morgan fingerprint density at radius 3 is 2.09 bits per heavy atom. The second-order valence-corrected chi connectivity index (χ2v) is 11.5. The van der Waals surface area contributed by atoms with Gasteiger partial charge in [0.15, 0.2) is 11.5 Å². The van der Waals surface area contributed by atoms with Gasteiger partial charge < -0.3 is 24.3 Å². The number of rotatable bonds is 13. The highest BCUT2D eigenvalue weighted by molar-refractivity contribution is 5.93. The average Bonchev–Trinajstić information content (AvgIpc) is 3.05. The van der Waals surface area contributed by atoms with E-state index in [0.29, 0.717) is 55.8 Å². The third kappa shape index (κ3) is 8.82. The van der Waals surface area contributed by atoms with Gasteiger partial charge in [0.2, 0.25) is 0 Å². The lowest BCUT2D eigenvalue weighted by Crippen LogP contribution is -2.45. The maximum atomic E-state index is 6.00. The van der Waals surface area contributed by atoms with Crippen LogP contribution in [-0.4, -0.2) is 74.1 Å². The Kier molecular flexibility index (Phi) is 11.9. The zero-order chi connectivity index (χ0) is 29.7. The molecular weight excluding hydrogens is 540 g/mol. The molecule has 43 heavy (non-hydrogen) atoms. The summed E-state index contributed by atoms with van der Waals surface area (Å²) in [6.45, 7) is 2.61. The number of nitrogens with one attached hydrogen (secondary N) is 1. The summed E-state index contributed by atoms with van der Waals surface area (Å²) >= 11 is 0. The number of nitrogens with zero attached hydrogens (tertiary/aromatic N) is 3. The lowest BCUT2D eigenvalue weighted by molar-refractivity contribution is 0.0961. The molecule has 2 aliphatic carbocycles. The molecule has 2 aromatic carbocycles. The van der Waals surface area contributed by atoms with Crippen LogP contribution in [0.25, 0.3) is 10.9 Å². The monoisotopic (exact) mass is 586 g/mol. The first-order valence-electron chi connectivity index (χ1n) is 15.9. The van der Waals surface area contributed by atoms with E-state index >= 15 is 0 Å². The van der Waals surface area contributed by atoms with Crippen LogP contribution in [0, 0.1) is 11.8 Å². The van der Waals surface area contributed by atoms with E-state index in [-0.39, 0.29) is 0 Å². The van der Waals surface area contributed by atoms with Crippen LogP contribution in [0.3, 0.4) is 0 Å². The Morgan fingerprint density at radius 2 is 1.44 bits per heavy atom. The lowest BCUT2D eigenvalue weighted by Gasteiger charge is -2.40. The van der Waals surface area contributed by atoms with Crippen LogP contribution in [0.5, 0.6) is 11.5 Å². The van der Waals surface area contributed by atoms with Gasteiger partial charge in [-0.05, 0) is 49.9 Å². The summed E-state index contributed by atoms with van der Waals surface area (Å²) in [5.41, 5.74) is 2.67. The molecular formula is C35H46N4O4. The molecule has 2 saturated carbocycles. The van der Waals surface area contributed by atoms with Crippen LogP contribution in [0.2, 0.25) is 0 Å². The second-order valence-electron chi connectivity index (χ2n) is 11.5. The fourth-order valence-corrected chi connectivity index (χ4v) is 6.29. The van der Waals surface area contributed by atoms with Crippen molar-refractivity contribution >= 4 is 22.4 Å². The fraction of sp³-hybridized carbons (Fsp3) is 0.543. The predicted molar refractivity (Wildman–Crippen MR) is 171 cm³/mol. The molecule has 0 saturated heterocycles. The van der Waals surface area contributed by atoms with E-state index in [0.717, 1.165) is 28.7 Å². The highest BCUT2D eigenvalue weighted by Gasteiger charge is 2.28. The van der Waals surface area contributed by atoms with Crippen LogP contribution in [0.15, 0.2) is 42.7 Å². The van der Waals surface area contributed by atoms with Gasteiger partial charge in [-0.15, -0.1) is 0 Å². The van der Waals surface area contributed by atoms with Gasteiger partial charge in [0, 0.05) is 49.0 Å². The summed E-state index contributed by atoms with van der Waals surface area (Å²) in [6, 6.07) is 13.4. The first-order valence-corrected chi connectivity index (χ1v) is 15.9. The Balaban J connectivity index is 1.32. The minimum atomic E-state index is 0.402. The molecule has 2 aliphatic rings. The predicted octanol–water partition coefficient (Wildman–Crippen LogP) is 6.74. The molecule has 1 N–H and O–H groups in total. The number of benzene rings is 2. The van der Waals surface area contributed by atoms with Crippen LogP contribution < -0.4 is 14.8 Å². The third-order valence-electron chi connectivity index (χ3n) is 8.50. The van der Waals surface area contributed by atoms with Gasteiger partial charge >= 0.3 is 0 Å². The number of anilines is 2. The molecule has 0 amide bonds. The quantitative estimate of drug-likeness (QED) is 0.174. The fourth-order valence-electron chi connectivity index (χ4n) is 6.29. The number of hydrogen-bond donors (Lipinski definition) is 1. The molecule has 0 spiro atoms. The number of methoxy groups -OCH3 is 2. The Hall–Kier alpha value is -3.38. The highest BCUT2D eigenvalue weighted by atomic mass is 16.5. The lowest BCUT2D eigenvalue weighted by atomic mass is 9.88. The maximum absolute atomic E-state index is 6.00. The summed E-state index contributed by atoms with van der Waals surface area (Å²) in [5.74, 6) is 8.92. The van der Waals surface area contributed by atoms with Gasteiger partial charge in [-0.3, -0.25) is 4.90 Å². The third-order valence-corrected chi connectivity index (χ3v) is 8.50. The van der Waals surface area contributed by atoms with Gasteiger partial charge in [0.05, 0.1) is 25.3 Å². The SMILES string of the molecule is COCCOc1cc2ncnc(Nc3cccc(C#CCN(C4CCCCC4)C4CCCCC4)c3)c2cc1OCCOC. The number of aromatic nitrogens is 2. The Morgan fingerprint density at radius 1 is 0.791 bits per heavy atom. The largest absolute Gasteiger partial charge is 0.487 e. The van der Waals surface area contributed by atoms with Gasteiger partial charge in [-0.1, -0.05) is 56.4 Å². The molecule has 2 fully saturated rings. The van der Waals surface area contributed by atoms with Gasteiger partial charge in [-0.2, -0.15) is 0 Å². The minimum absolute atomic E-state index is 0.402. The van der Waals surface area contributed by atoms with Gasteiger partial charge in [-0.25, -0.2) is 9.97 Å². The van der Waals surface area contributed by atoms with Crippen molar-refractivity contribution in [3.8, 4) is 23.3 Å². The van der Waals surface area contributed by atoms with E-state index in [9.17, 15) is 0 Å². The molecule has 8 nitrogen and oxygen atoms in total. The van der Waals surface area contributed by atoms with Crippen molar-refractivity contribution < 1.29 is 18.9 Å². The molecule has 1 heterocycles.